The first kappa shape index (κ1) is 26.3. The molecule has 0 unspecified atom stereocenters. The molecule has 1 aliphatic rings. The largest absolute Gasteiger partial charge is 0.323 e. The SMILES string of the molecule is O=C(Nc1ccc(F)cn1)c1ccc(CN2C(=O)c3ccc(Cl)cc3NC(=O)[C@H]2Cc2ccccn2)cc1Cl. The van der Waals surface area contributed by atoms with Crippen LogP contribution in [-0.4, -0.2) is 38.6 Å². The van der Waals surface area contributed by atoms with Gasteiger partial charge in [-0.3, -0.25) is 19.4 Å². The van der Waals surface area contributed by atoms with Gasteiger partial charge >= 0.3 is 0 Å². The molecule has 5 rings (SSSR count). The third-order valence-electron chi connectivity index (χ3n) is 6.14. The number of pyridine rings is 2. The summed E-state index contributed by atoms with van der Waals surface area (Å²) in [5, 5.41) is 5.90. The average molecular weight is 564 g/mol. The highest BCUT2D eigenvalue weighted by Gasteiger charge is 2.36. The Morgan fingerprint density at radius 1 is 1.03 bits per heavy atom. The quantitative estimate of drug-likeness (QED) is 0.327. The van der Waals surface area contributed by atoms with Gasteiger partial charge in [0.15, 0.2) is 0 Å². The van der Waals surface area contributed by atoms with Gasteiger partial charge in [-0.15, -0.1) is 0 Å². The first-order chi connectivity index (χ1) is 18.8. The third-order valence-corrected chi connectivity index (χ3v) is 6.69. The molecular formula is C28H20Cl2FN5O3. The molecule has 0 bridgehead atoms. The number of hydrogen-bond acceptors (Lipinski definition) is 5. The van der Waals surface area contributed by atoms with E-state index >= 15 is 0 Å². The Balaban J connectivity index is 1.44. The smallest absolute Gasteiger partial charge is 0.258 e. The number of fused-ring (bicyclic) bond motifs is 1. The Kier molecular flexibility index (Phi) is 7.53. The summed E-state index contributed by atoms with van der Waals surface area (Å²) in [6.07, 6.45) is 2.79. The fourth-order valence-corrected chi connectivity index (χ4v) is 4.69. The molecule has 11 heteroatoms. The molecule has 0 saturated heterocycles. The standard InChI is InChI=1S/C28H20Cl2FN5O3/c29-17-5-8-21-23(12-17)34-27(38)24(13-19-3-1-2-10-32-19)36(28(21)39)15-16-4-7-20(22(30)11-16)26(37)35-25-9-6-18(31)14-33-25/h1-12,14,24H,13,15H2,(H,34,38)(H,33,35,37)/t24-/m1/s1. The molecule has 1 atom stereocenters. The van der Waals surface area contributed by atoms with Crippen LogP contribution in [0.2, 0.25) is 10.0 Å². The van der Waals surface area contributed by atoms with Crippen LogP contribution in [0.4, 0.5) is 15.9 Å². The Labute approximate surface area is 232 Å². The molecule has 2 aromatic heterocycles. The minimum absolute atomic E-state index is 0.0347. The normalized spacial score (nSPS) is 14.8. The fourth-order valence-electron chi connectivity index (χ4n) is 4.23. The van der Waals surface area contributed by atoms with E-state index < -0.39 is 17.8 Å². The molecular weight excluding hydrogens is 544 g/mol. The molecule has 0 radical (unpaired) electrons. The van der Waals surface area contributed by atoms with E-state index in [-0.39, 0.29) is 41.2 Å². The lowest BCUT2D eigenvalue weighted by Crippen LogP contribution is -2.46. The van der Waals surface area contributed by atoms with Crippen molar-refractivity contribution in [1.29, 1.82) is 0 Å². The van der Waals surface area contributed by atoms with Gasteiger partial charge in [0.25, 0.3) is 11.8 Å². The van der Waals surface area contributed by atoms with Crippen LogP contribution in [0, 0.1) is 5.82 Å². The predicted molar refractivity (Wildman–Crippen MR) is 145 cm³/mol. The van der Waals surface area contributed by atoms with E-state index in [9.17, 15) is 18.8 Å². The minimum atomic E-state index is -0.884. The summed E-state index contributed by atoms with van der Waals surface area (Å²) >= 11 is 12.6. The van der Waals surface area contributed by atoms with Gasteiger partial charge in [-0.1, -0.05) is 35.3 Å². The molecule has 4 aromatic rings. The first-order valence-electron chi connectivity index (χ1n) is 11.8. The molecule has 0 fully saturated rings. The number of anilines is 2. The molecule has 196 valence electrons. The van der Waals surface area contributed by atoms with E-state index in [0.717, 1.165) is 6.20 Å². The summed E-state index contributed by atoms with van der Waals surface area (Å²) in [4.78, 5) is 49.4. The number of benzene rings is 2. The topological polar surface area (TPSA) is 104 Å². The fraction of sp³-hybridized carbons (Fsp3) is 0.107. The lowest BCUT2D eigenvalue weighted by molar-refractivity contribution is -0.120. The van der Waals surface area contributed by atoms with Crippen molar-refractivity contribution in [2.45, 2.75) is 19.0 Å². The highest BCUT2D eigenvalue weighted by atomic mass is 35.5. The van der Waals surface area contributed by atoms with E-state index in [0.29, 0.717) is 27.5 Å². The molecule has 0 spiro atoms. The van der Waals surface area contributed by atoms with Crippen molar-refractivity contribution in [3.8, 4) is 0 Å². The molecule has 0 aliphatic carbocycles. The molecule has 0 saturated carbocycles. The van der Waals surface area contributed by atoms with Crippen LogP contribution in [0.5, 0.6) is 0 Å². The molecule has 3 amide bonds. The van der Waals surface area contributed by atoms with Crippen LogP contribution in [0.1, 0.15) is 32.0 Å². The number of hydrogen-bond donors (Lipinski definition) is 2. The summed E-state index contributed by atoms with van der Waals surface area (Å²) in [5.74, 6) is -1.65. The van der Waals surface area contributed by atoms with Crippen LogP contribution in [-0.2, 0) is 17.8 Å². The molecule has 2 N–H and O–H groups in total. The lowest BCUT2D eigenvalue weighted by Gasteiger charge is -2.29. The highest BCUT2D eigenvalue weighted by molar-refractivity contribution is 6.34. The summed E-state index contributed by atoms with van der Waals surface area (Å²) in [6.45, 7) is 0.0347. The number of nitrogens with one attached hydrogen (secondary N) is 2. The Morgan fingerprint density at radius 2 is 1.87 bits per heavy atom. The van der Waals surface area contributed by atoms with Crippen molar-refractivity contribution in [2.75, 3.05) is 10.6 Å². The van der Waals surface area contributed by atoms with Gasteiger partial charge in [-0.05, 0) is 60.2 Å². The van der Waals surface area contributed by atoms with E-state index in [1.54, 1.807) is 42.6 Å². The van der Waals surface area contributed by atoms with Crippen LogP contribution >= 0.6 is 23.2 Å². The van der Waals surface area contributed by atoms with Crippen molar-refractivity contribution >= 4 is 52.4 Å². The number of amides is 3. The molecule has 8 nitrogen and oxygen atoms in total. The van der Waals surface area contributed by atoms with Gasteiger partial charge in [0.2, 0.25) is 5.91 Å². The van der Waals surface area contributed by atoms with Gasteiger partial charge in [0, 0.05) is 29.9 Å². The van der Waals surface area contributed by atoms with Gasteiger partial charge in [0.1, 0.15) is 17.7 Å². The lowest BCUT2D eigenvalue weighted by atomic mass is 10.0. The predicted octanol–water partition coefficient (Wildman–Crippen LogP) is 5.38. The number of halogens is 3. The van der Waals surface area contributed by atoms with Crippen LogP contribution in [0.15, 0.2) is 79.1 Å². The van der Waals surface area contributed by atoms with E-state index in [1.807, 2.05) is 6.07 Å². The molecule has 2 aromatic carbocycles. The highest BCUT2D eigenvalue weighted by Crippen LogP contribution is 2.29. The molecule has 3 heterocycles. The number of nitrogens with zero attached hydrogens (tertiary/aromatic N) is 3. The number of carbonyl (C=O) groups is 3. The maximum Gasteiger partial charge on any atom is 0.258 e. The Hall–Kier alpha value is -4.34. The van der Waals surface area contributed by atoms with Crippen LogP contribution in [0.3, 0.4) is 0 Å². The van der Waals surface area contributed by atoms with Gasteiger partial charge in [-0.2, -0.15) is 0 Å². The summed E-state index contributed by atoms with van der Waals surface area (Å²) in [7, 11) is 0. The Bertz CT molecular complexity index is 1570. The third kappa shape index (κ3) is 5.89. The van der Waals surface area contributed by atoms with Gasteiger partial charge in [0.05, 0.1) is 28.0 Å². The van der Waals surface area contributed by atoms with E-state index in [4.69, 9.17) is 23.2 Å². The van der Waals surface area contributed by atoms with Crippen molar-refractivity contribution in [3.63, 3.8) is 0 Å². The van der Waals surface area contributed by atoms with Crippen molar-refractivity contribution in [1.82, 2.24) is 14.9 Å². The summed E-state index contributed by atoms with van der Waals surface area (Å²) in [5.41, 5.74) is 2.02. The van der Waals surface area contributed by atoms with Crippen LogP contribution < -0.4 is 10.6 Å². The average Bonchev–Trinajstić information content (AvgIpc) is 3.00. The zero-order valence-corrected chi connectivity index (χ0v) is 21.7. The van der Waals surface area contributed by atoms with Gasteiger partial charge in [-0.25, -0.2) is 9.37 Å². The summed E-state index contributed by atoms with van der Waals surface area (Å²) in [6, 6.07) is 16.4. The summed E-state index contributed by atoms with van der Waals surface area (Å²) < 4.78 is 13.1. The second-order valence-electron chi connectivity index (χ2n) is 8.78. The van der Waals surface area contributed by atoms with E-state index in [2.05, 4.69) is 20.6 Å². The first-order valence-corrected chi connectivity index (χ1v) is 12.6. The monoisotopic (exact) mass is 563 g/mol. The van der Waals surface area contributed by atoms with Crippen molar-refractivity contribution < 1.29 is 18.8 Å². The Morgan fingerprint density at radius 3 is 2.59 bits per heavy atom. The van der Waals surface area contributed by atoms with Crippen molar-refractivity contribution in [2.24, 2.45) is 0 Å². The van der Waals surface area contributed by atoms with E-state index in [1.165, 1.54) is 29.2 Å². The molecule has 1 aliphatic heterocycles. The number of rotatable bonds is 6. The zero-order chi connectivity index (χ0) is 27.5. The second kappa shape index (κ2) is 11.2. The maximum absolute atomic E-state index is 13.7. The maximum atomic E-state index is 13.7. The molecule has 39 heavy (non-hydrogen) atoms. The zero-order valence-electron chi connectivity index (χ0n) is 20.2. The second-order valence-corrected chi connectivity index (χ2v) is 9.63. The number of aromatic nitrogens is 2. The van der Waals surface area contributed by atoms with Crippen molar-refractivity contribution in [3.05, 3.63) is 117 Å². The minimum Gasteiger partial charge on any atom is -0.323 e. The van der Waals surface area contributed by atoms with Crippen LogP contribution in [0.25, 0.3) is 0 Å². The number of carbonyl (C=O) groups excluding carboxylic acids is 3. The van der Waals surface area contributed by atoms with Gasteiger partial charge < -0.3 is 15.5 Å².